The van der Waals surface area contributed by atoms with Crippen LogP contribution in [0.5, 0.6) is 0 Å². The molecule has 0 fully saturated rings. The van der Waals surface area contributed by atoms with E-state index < -0.39 is 11.3 Å². The molecule has 1 heterocycles. The Morgan fingerprint density at radius 2 is 1.48 bits per heavy atom. The largest absolute Gasteiger partial charge is 0.428 e. The average Bonchev–Trinajstić information content (AvgIpc) is 2.49. The molecule has 0 aliphatic rings. The summed E-state index contributed by atoms with van der Waals surface area (Å²) in [4.78, 5) is 24.1. The molecule has 104 valence electrons. The van der Waals surface area contributed by atoms with Gasteiger partial charge in [0.05, 0.1) is 11.8 Å². The number of anilines is 2. The number of nitrogens with zero attached hydrogens (tertiary/aromatic N) is 1. The van der Waals surface area contributed by atoms with Gasteiger partial charge < -0.3 is 9.73 Å². The Bertz CT molecular complexity index is 821. The number of hydrogen-bond acceptors (Lipinski definition) is 4. The van der Waals surface area contributed by atoms with Crippen LogP contribution in [0.25, 0.3) is 5.69 Å². The van der Waals surface area contributed by atoms with Crippen LogP contribution < -0.4 is 16.6 Å². The molecule has 0 radical (unpaired) electrons. The molecular weight excluding hydrogens is 268 g/mol. The highest BCUT2D eigenvalue weighted by Gasteiger charge is 2.08. The summed E-state index contributed by atoms with van der Waals surface area (Å²) >= 11 is 0. The number of benzene rings is 2. The van der Waals surface area contributed by atoms with E-state index in [2.05, 4.69) is 5.32 Å². The molecule has 0 bridgehead atoms. The zero-order valence-electron chi connectivity index (χ0n) is 11.0. The van der Waals surface area contributed by atoms with Crippen LogP contribution in [0.1, 0.15) is 0 Å². The highest BCUT2D eigenvalue weighted by Crippen LogP contribution is 2.13. The van der Waals surface area contributed by atoms with Gasteiger partial charge in [-0.05, 0) is 24.3 Å². The summed E-state index contributed by atoms with van der Waals surface area (Å²) in [7, 11) is 0. The van der Waals surface area contributed by atoms with Crippen LogP contribution in [0.3, 0.4) is 0 Å². The number of para-hydroxylation sites is 2. The van der Waals surface area contributed by atoms with Crippen LogP contribution in [-0.4, -0.2) is 4.57 Å². The maximum Gasteiger partial charge on any atom is 0.428 e. The van der Waals surface area contributed by atoms with Crippen molar-refractivity contribution in [3.05, 3.63) is 87.6 Å². The van der Waals surface area contributed by atoms with Gasteiger partial charge in [0.2, 0.25) is 5.88 Å². The molecule has 0 aliphatic carbocycles. The summed E-state index contributed by atoms with van der Waals surface area (Å²) in [6.07, 6.45) is 0. The lowest BCUT2D eigenvalue weighted by Crippen LogP contribution is -2.30. The minimum absolute atomic E-state index is 0.114. The van der Waals surface area contributed by atoms with E-state index in [4.69, 9.17) is 4.42 Å². The van der Waals surface area contributed by atoms with Gasteiger partial charge in [0, 0.05) is 5.69 Å². The molecule has 0 unspecified atom stereocenters. The van der Waals surface area contributed by atoms with Gasteiger partial charge in [-0.15, -0.1) is 0 Å². The number of hydrogen-bond donors (Lipinski definition) is 1. The molecule has 0 aliphatic heterocycles. The Kier molecular flexibility index (Phi) is 3.39. The van der Waals surface area contributed by atoms with Crippen molar-refractivity contribution in [3.63, 3.8) is 0 Å². The van der Waals surface area contributed by atoms with Crippen molar-refractivity contribution in [3.8, 4) is 5.69 Å². The lowest BCUT2D eigenvalue weighted by atomic mass is 10.3. The molecule has 0 atom stereocenters. The SMILES string of the molecule is O=c1cc(Nc2ccccc2)oc(=O)n1-c1ccccc1. The van der Waals surface area contributed by atoms with E-state index >= 15 is 0 Å². The van der Waals surface area contributed by atoms with Crippen molar-refractivity contribution >= 4 is 11.6 Å². The lowest BCUT2D eigenvalue weighted by Gasteiger charge is -2.06. The van der Waals surface area contributed by atoms with Crippen molar-refractivity contribution in [1.29, 1.82) is 0 Å². The fourth-order valence-corrected chi connectivity index (χ4v) is 1.97. The minimum Gasteiger partial charge on any atom is -0.392 e. The summed E-state index contributed by atoms with van der Waals surface area (Å²) < 4.78 is 6.13. The van der Waals surface area contributed by atoms with Gasteiger partial charge in [-0.25, -0.2) is 9.36 Å². The number of nitrogens with one attached hydrogen (secondary N) is 1. The first-order chi connectivity index (χ1) is 10.2. The summed E-state index contributed by atoms with van der Waals surface area (Å²) in [6, 6.07) is 19.1. The second-order valence-electron chi connectivity index (χ2n) is 4.38. The zero-order chi connectivity index (χ0) is 14.7. The monoisotopic (exact) mass is 280 g/mol. The zero-order valence-corrected chi connectivity index (χ0v) is 11.0. The molecule has 1 N–H and O–H groups in total. The van der Waals surface area contributed by atoms with Crippen LogP contribution in [0.15, 0.2) is 80.7 Å². The van der Waals surface area contributed by atoms with Crippen molar-refractivity contribution in [2.75, 3.05) is 5.32 Å². The first-order valence-corrected chi connectivity index (χ1v) is 6.39. The molecule has 2 aromatic carbocycles. The summed E-state index contributed by atoms with van der Waals surface area (Å²) in [5, 5.41) is 2.88. The third kappa shape index (κ3) is 2.76. The van der Waals surface area contributed by atoms with Crippen molar-refractivity contribution < 1.29 is 4.42 Å². The Labute approximate surface area is 120 Å². The molecule has 0 saturated carbocycles. The van der Waals surface area contributed by atoms with Gasteiger partial charge in [-0.3, -0.25) is 4.79 Å². The number of aromatic nitrogens is 1. The minimum atomic E-state index is -0.730. The van der Waals surface area contributed by atoms with Crippen LogP contribution in [0.2, 0.25) is 0 Å². The third-order valence-electron chi connectivity index (χ3n) is 2.91. The van der Waals surface area contributed by atoms with Crippen LogP contribution in [0, 0.1) is 0 Å². The Balaban J connectivity index is 2.01. The Morgan fingerprint density at radius 1 is 0.857 bits per heavy atom. The molecule has 21 heavy (non-hydrogen) atoms. The predicted molar refractivity (Wildman–Crippen MR) is 80.3 cm³/mol. The third-order valence-corrected chi connectivity index (χ3v) is 2.91. The van der Waals surface area contributed by atoms with Gasteiger partial charge in [0.1, 0.15) is 0 Å². The van der Waals surface area contributed by atoms with Crippen molar-refractivity contribution in [2.45, 2.75) is 0 Å². The fraction of sp³-hybridized carbons (Fsp3) is 0. The van der Waals surface area contributed by atoms with Crippen molar-refractivity contribution in [1.82, 2.24) is 4.57 Å². The molecule has 0 amide bonds. The van der Waals surface area contributed by atoms with E-state index in [1.807, 2.05) is 36.4 Å². The molecule has 3 rings (SSSR count). The van der Waals surface area contributed by atoms with E-state index in [0.717, 1.165) is 10.3 Å². The molecule has 0 saturated heterocycles. The maximum absolute atomic E-state index is 12.1. The second-order valence-corrected chi connectivity index (χ2v) is 4.38. The topological polar surface area (TPSA) is 64.2 Å². The van der Waals surface area contributed by atoms with E-state index in [9.17, 15) is 9.59 Å². The first-order valence-electron chi connectivity index (χ1n) is 6.39. The Hall–Kier alpha value is -3.08. The standard InChI is InChI=1S/C16H12N2O3/c19-15-11-14(17-12-7-3-1-4-8-12)21-16(20)18(15)13-9-5-2-6-10-13/h1-11,17H. The van der Waals surface area contributed by atoms with Gasteiger partial charge in [0.25, 0.3) is 5.56 Å². The fourth-order valence-electron chi connectivity index (χ4n) is 1.97. The summed E-state index contributed by atoms with van der Waals surface area (Å²) in [5.74, 6) is -0.615. The molecule has 5 heteroatoms. The van der Waals surface area contributed by atoms with Crippen LogP contribution in [0.4, 0.5) is 11.6 Å². The molecule has 0 spiro atoms. The summed E-state index contributed by atoms with van der Waals surface area (Å²) in [6.45, 7) is 0. The highest BCUT2D eigenvalue weighted by atomic mass is 16.4. The summed E-state index contributed by atoms with van der Waals surface area (Å²) in [5.41, 5.74) is 0.760. The van der Waals surface area contributed by atoms with E-state index in [1.54, 1.807) is 24.3 Å². The molecule has 5 nitrogen and oxygen atoms in total. The molecule has 3 aromatic rings. The first kappa shape index (κ1) is 12.9. The van der Waals surface area contributed by atoms with E-state index in [0.29, 0.717) is 5.69 Å². The predicted octanol–water partition coefficient (Wildman–Crippen LogP) is 2.53. The number of rotatable bonds is 3. The quantitative estimate of drug-likeness (QED) is 0.800. The van der Waals surface area contributed by atoms with Gasteiger partial charge in [0.15, 0.2) is 0 Å². The van der Waals surface area contributed by atoms with Crippen molar-refractivity contribution in [2.24, 2.45) is 0 Å². The molecular formula is C16H12N2O3. The molecule has 1 aromatic heterocycles. The van der Waals surface area contributed by atoms with Crippen LogP contribution >= 0.6 is 0 Å². The second kappa shape index (κ2) is 5.50. The Morgan fingerprint density at radius 3 is 2.10 bits per heavy atom. The highest BCUT2D eigenvalue weighted by molar-refractivity contribution is 5.53. The maximum atomic E-state index is 12.1. The van der Waals surface area contributed by atoms with Crippen LogP contribution in [-0.2, 0) is 0 Å². The average molecular weight is 280 g/mol. The van der Waals surface area contributed by atoms with Gasteiger partial charge in [-0.2, -0.15) is 0 Å². The smallest absolute Gasteiger partial charge is 0.392 e. The normalized spacial score (nSPS) is 10.3. The van der Waals surface area contributed by atoms with E-state index in [1.165, 1.54) is 6.07 Å². The van der Waals surface area contributed by atoms with E-state index in [-0.39, 0.29) is 5.88 Å². The van der Waals surface area contributed by atoms with Gasteiger partial charge >= 0.3 is 5.76 Å². The van der Waals surface area contributed by atoms with Gasteiger partial charge in [-0.1, -0.05) is 36.4 Å². The lowest BCUT2D eigenvalue weighted by molar-refractivity contribution is 0.475.